The van der Waals surface area contributed by atoms with Crippen LogP contribution in [0.15, 0.2) is 30.3 Å². The number of carbonyl (C=O) groups is 2. The number of rotatable bonds is 7. The molecular formula is C15H22N2O4. The molecule has 0 fully saturated rings. The van der Waals surface area contributed by atoms with E-state index in [1.165, 1.54) is 4.90 Å². The molecule has 0 aliphatic rings. The Kier molecular flexibility index (Phi) is 6.68. The molecule has 0 saturated carbocycles. The van der Waals surface area contributed by atoms with Crippen LogP contribution in [-0.2, 0) is 11.2 Å². The molecule has 3 N–H and O–H groups in total. The number of carboxylic acids is 1. The molecule has 0 aliphatic carbocycles. The maximum absolute atomic E-state index is 11.9. The molecule has 116 valence electrons. The van der Waals surface area contributed by atoms with Gasteiger partial charge in [0.1, 0.15) is 6.04 Å². The van der Waals surface area contributed by atoms with Crippen LogP contribution >= 0.6 is 0 Å². The molecule has 0 radical (unpaired) electrons. The first kappa shape index (κ1) is 17.0. The van der Waals surface area contributed by atoms with Gasteiger partial charge in [0.2, 0.25) is 0 Å². The van der Waals surface area contributed by atoms with Gasteiger partial charge >= 0.3 is 12.0 Å². The highest BCUT2D eigenvalue weighted by Gasteiger charge is 2.22. The number of hydrogen-bond donors (Lipinski definition) is 3. The van der Waals surface area contributed by atoms with Gasteiger partial charge in [-0.05, 0) is 18.9 Å². The highest BCUT2D eigenvalue weighted by molar-refractivity contribution is 5.82. The van der Waals surface area contributed by atoms with E-state index in [1.54, 1.807) is 14.0 Å². The number of nitrogens with zero attached hydrogens (tertiary/aromatic N) is 1. The normalized spacial score (nSPS) is 13.3. The van der Waals surface area contributed by atoms with Crippen LogP contribution in [0.25, 0.3) is 0 Å². The fraction of sp³-hybridized carbons (Fsp3) is 0.467. The summed E-state index contributed by atoms with van der Waals surface area (Å²) in [6, 6.07) is 7.70. The van der Waals surface area contributed by atoms with Crippen molar-refractivity contribution in [3.8, 4) is 0 Å². The third-order valence-corrected chi connectivity index (χ3v) is 3.11. The van der Waals surface area contributed by atoms with Crippen molar-refractivity contribution < 1.29 is 19.8 Å². The molecule has 1 rings (SSSR count). The molecule has 0 aromatic heterocycles. The first-order chi connectivity index (χ1) is 9.90. The number of aliphatic hydroxyl groups excluding tert-OH is 1. The van der Waals surface area contributed by atoms with E-state index in [-0.39, 0.29) is 6.42 Å². The van der Waals surface area contributed by atoms with Crippen molar-refractivity contribution in [2.75, 3.05) is 13.6 Å². The predicted octanol–water partition coefficient (Wildman–Crippen LogP) is 1.09. The molecule has 0 aliphatic heterocycles. The SMILES string of the molecule is CC(O)CCN(C)C(=O)N[C@@H](Cc1ccccc1)C(=O)O. The molecular weight excluding hydrogens is 272 g/mol. The van der Waals surface area contributed by atoms with Crippen LogP contribution in [-0.4, -0.2) is 52.9 Å². The van der Waals surface area contributed by atoms with E-state index >= 15 is 0 Å². The maximum atomic E-state index is 11.9. The zero-order chi connectivity index (χ0) is 15.8. The Morgan fingerprint density at radius 1 is 1.29 bits per heavy atom. The summed E-state index contributed by atoms with van der Waals surface area (Å²) in [6.07, 6.45) is 0.173. The first-order valence-corrected chi connectivity index (χ1v) is 6.86. The average molecular weight is 294 g/mol. The number of aliphatic hydroxyl groups is 1. The quantitative estimate of drug-likeness (QED) is 0.702. The molecule has 1 unspecified atom stereocenters. The lowest BCUT2D eigenvalue weighted by atomic mass is 10.1. The van der Waals surface area contributed by atoms with Gasteiger partial charge in [-0.1, -0.05) is 30.3 Å². The minimum absolute atomic E-state index is 0.228. The summed E-state index contributed by atoms with van der Waals surface area (Å²) in [7, 11) is 1.57. The second-order valence-electron chi connectivity index (χ2n) is 5.09. The smallest absolute Gasteiger partial charge is 0.326 e. The van der Waals surface area contributed by atoms with Gasteiger partial charge in [-0.25, -0.2) is 9.59 Å². The standard InChI is InChI=1S/C15H22N2O4/c1-11(18)8-9-17(2)15(21)16-13(14(19)20)10-12-6-4-3-5-7-12/h3-7,11,13,18H,8-10H2,1-2H3,(H,16,21)(H,19,20)/t11?,13-/m0/s1. The lowest BCUT2D eigenvalue weighted by Crippen LogP contribution is -2.48. The molecule has 6 heteroatoms. The third-order valence-electron chi connectivity index (χ3n) is 3.11. The fourth-order valence-electron chi connectivity index (χ4n) is 1.79. The minimum Gasteiger partial charge on any atom is -0.480 e. The Balaban J connectivity index is 2.58. The van der Waals surface area contributed by atoms with Gasteiger partial charge in [0.15, 0.2) is 0 Å². The molecule has 2 atom stereocenters. The highest BCUT2D eigenvalue weighted by atomic mass is 16.4. The van der Waals surface area contributed by atoms with Gasteiger partial charge < -0.3 is 20.4 Å². The van der Waals surface area contributed by atoms with Gasteiger partial charge in [0.05, 0.1) is 6.10 Å². The van der Waals surface area contributed by atoms with Crippen LogP contribution in [0, 0.1) is 0 Å². The van der Waals surface area contributed by atoms with Gasteiger partial charge in [0.25, 0.3) is 0 Å². The second kappa shape index (κ2) is 8.26. The summed E-state index contributed by atoms with van der Waals surface area (Å²) >= 11 is 0. The van der Waals surface area contributed by atoms with Crippen LogP contribution in [0.5, 0.6) is 0 Å². The van der Waals surface area contributed by atoms with Crippen LogP contribution in [0.3, 0.4) is 0 Å². The maximum Gasteiger partial charge on any atom is 0.326 e. The topological polar surface area (TPSA) is 89.9 Å². The third kappa shape index (κ3) is 6.27. The summed E-state index contributed by atoms with van der Waals surface area (Å²) in [6.45, 7) is 2.00. The van der Waals surface area contributed by atoms with Crippen molar-refractivity contribution in [1.82, 2.24) is 10.2 Å². The van der Waals surface area contributed by atoms with Gasteiger partial charge in [-0.2, -0.15) is 0 Å². The van der Waals surface area contributed by atoms with Crippen LogP contribution in [0.4, 0.5) is 4.79 Å². The minimum atomic E-state index is -1.07. The molecule has 0 bridgehead atoms. The van der Waals surface area contributed by atoms with Crippen molar-refractivity contribution in [1.29, 1.82) is 0 Å². The van der Waals surface area contributed by atoms with Gasteiger partial charge in [-0.15, -0.1) is 0 Å². The van der Waals surface area contributed by atoms with Gasteiger partial charge in [0, 0.05) is 20.0 Å². The number of carboxylic acid groups (broad SMARTS) is 1. The Hall–Kier alpha value is -2.08. The zero-order valence-corrected chi connectivity index (χ0v) is 12.3. The number of carbonyl (C=O) groups excluding carboxylic acids is 1. The zero-order valence-electron chi connectivity index (χ0n) is 12.3. The summed E-state index contributed by atoms with van der Waals surface area (Å²) in [5.74, 6) is -1.07. The number of hydrogen-bond acceptors (Lipinski definition) is 3. The van der Waals surface area contributed by atoms with E-state index < -0.39 is 24.1 Å². The molecule has 0 spiro atoms. The van der Waals surface area contributed by atoms with E-state index in [0.29, 0.717) is 13.0 Å². The first-order valence-electron chi connectivity index (χ1n) is 6.86. The van der Waals surface area contributed by atoms with E-state index in [4.69, 9.17) is 0 Å². The number of nitrogens with one attached hydrogen (secondary N) is 1. The molecule has 21 heavy (non-hydrogen) atoms. The van der Waals surface area contributed by atoms with Crippen LogP contribution in [0.2, 0.25) is 0 Å². The Morgan fingerprint density at radius 3 is 2.43 bits per heavy atom. The van der Waals surface area contributed by atoms with Crippen molar-refractivity contribution in [2.45, 2.75) is 31.9 Å². The molecule has 1 aromatic rings. The van der Waals surface area contributed by atoms with Crippen molar-refractivity contribution in [3.63, 3.8) is 0 Å². The second-order valence-corrected chi connectivity index (χ2v) is 5.09. The average Bonchev–Trinajstić information content (AvgIpc) is 2.44. The number of urea groups is 1. The van der Waals surface area contributed by atoms with E-state index in [1.807, 2.05) is 30.3 Å². The summed E-state index contributed by atoms with van der Waals surface area (Å²) in [5, 5.41) is 20.9. The van der Waals surface area contributed by atoms with E-state index in [0.717, 1.165) is 5.56 Å². The summed E-state index contributed by atoms with van der Waals surface area (Å²) in [4.78, 5) is 24.6. The molecule has 1 aromatic carbocycles. The summed E-state index contributed by atoms with van der Waals surface area (Å²) in [5.41, 5.74) is 0.844. The highest BCUT2D eigenvalue weighted by Crippen LogP contribution is 2.04. The fourth-order valence-corrected chi connectivity index (χ4v) is 1.79. The van der Waals surface area contributed by atoms with Gasteiger partial charge in [-0.3, -0.25) is 0 Å². The van der Waals surface area contributed by atoms with Crippen molar-refractivity contribution >= 4 is 12.0 Å². The van der Waals surface area contributed by atoms with Crippen molar-refractivity contribution in [3.05, 3.63) is 35.9 Å². The molecule has 0 saturated heterocycles. The van der Waals surface area contributed by atoms with E-state index in [9.17, 15) is 19.8 Å². The Bertz CT molecular complexity index is 462. The van der Waals surface area contributed by atoms with Crippen molar-refractivity contribution in [2.24, 2.45) is 0 Å². The monoisotopic (exact) mass is 294 g/mol. The number of aliphatic carboxylic acids is 1. The number of benzene rings is 1. The predicted molar refractivity (Wildman–Crippen MR) is 79.0 cm³/mol. The molecule has 0 heterocycles. The van der Waals surface area contributed by atoms with Crippen LogP contribution < -0.4 is 5.32 Å². The summed E-state index contributed by atoms with van der Waals surface area (Å²) < 4.78 is 0. The lowest BCUT2D eigenvalue weighted by molar-refractivity contribution is -0.139. The Morgan fingerprint density at radius 2 is 1.90 bits per heavy atom. The lowest BCUT2D eigenvalue weighted by Gasteiger charge is -2.22. The largest absolute Gasteiger partial charge is 0.480 e. The number of amides is 2. The van der Waals surface area contributed by atoms with E-state index in [2.05, 4.69) is 5.32 Å². The van der Waals surface area contributed by atoms with Crippen LogP contribution in [0.1, 0.15) is 18.9 Å². The molecule has 2 amide bonds. The molecule has 6 nitrogen and oxygen atoms in total. The Labute approximate surface area is 124 Å².